The Bertz CT molecular complexity index is 290. The van der Waals surface area contributed by atoms with Crippen LogP contribution in [0.2, 0.25) is 0 Å². The molecule has 5 heteroatoms. The lowest BCUT2D eigenvalue weighted by Crippen LogP contribution is -2.39. The van der Waals surface area contributed by atoms with Crippen LogP contribution in [-0.2, 0) is 9.53 Å². The average molecular weight is 197 g/mol. The van der Waals surface area contributed by atoms with E-state index in [1.807, 2.05) is 7.05 Å². The minimum Gasteiger partial charge on any atom is -0.448 e. The zero-order chi connectivity index (χ0) is 10.2. The van der Waals surface area contributed by atoms with Gasteiger partial charge in [0, 0.05) is 13.0 Å². The number of carbonyl (C=O) groups excluding carboxylic acids is 1. The van der Waals surface area contributed by atoms with Crippen LogP contribution in [0.5, 0.6) is 0 Å². The highest BCUT2D eigenvalue weighted by atomic mass is 16.5. The van der Waals surface area contributed by atoms with Crippen LogP contribution in [0.25, 0.3) is 0 Å². The highest BCUT2D eigenvalue weighted by Gasteiger charge is 2.46. The fraction of sp³-hybridized carbons (Fsp3) is 0.778. The number of amidine groups is 1. The van der Waals surface area contributed by atoms with Crippen molar-refractivity contribution in [2.45, 2.75) is 24.9 Å². The summed E-state index contributed by atoms with van der Waals surface area (Å²) < 4.78 is 5.38. The molecule has 1 unspecified atom stereocenters. The maximum absolute atomic E-state index is 11.6. The molecule has 2 aliphatic heterocycles. The van der Waals surface area contributed by atoms with Gasteiger partial charge in [0.05, 0.1) is 0 Å². The predicted molar refractivity (Wildman–Crippen MR) is 51.8 cm³/mol. The lowest BCUT2D eigenvalue weighted by molar-refractivity contribution is -0.131. The predicted octanol–water partition coefficient (Wildman–Crippen LogP) is -0.288. The number of amides is 1. The standard InChI is InChI=1S/C9H15N3O2/c1-12-5-2-3-9(4-6-12)7(13)11-8(10)14-9/h2-6H2,1H3,(H2,10,11,13). The quantitative estimate of drug-likeness (QED) is 0.579. The molecule has 0 aromatic rings. The van der Waals surface area contributed by atoms with Crippen LogP contribution in [0, 0.1) is 0 Å². The molecule has 1 atom stereocenters. The number of hydrogen-bond donors (Lipinski definition) is 1. The van der Waals surface area contributed by atoms with Crippen molar-refractivity contribution >= 4 is 11.9 Å². The van der Waals surface area contributed by atoms with Gasteiger partial charge in [0.15, 0.2) is 5.60 Å². The first kappa shape index (κ1) is 9.45. The van der Waals surface area contributed by atoms with E-state index in [4.69, 9.17) is 10.5 Å². The van der Waals surface area contributed by atoms with Gasteiger partial charge in [-0.1, -0.05) is 0 Å². The minimum atomic E-state index is -0.741. The Morgan fingerprint density at radius 3 is 2.93 bits per heavy atom. The number of aliphatic imine (C=N–C) groups is 1. The first-order valence-electron chi connectivity index (χ1n) is 4.89. The molecule has 0 radical (unpaired) electrons. The normalized spacial score (nSPS) is 34.1. The highest BCUT2D eigenvalue weighted by molar-refractivity contribution is 6.00. The van der Waals surface area contributed by atoms with Gasteiger partial charge in [0.1, 0.15) is 0 Å². The van der Waals surface area contributed by atoms with E-state index in [0.717, 1.165) is 25.9 Å². The van der Waals surface area contributed by atoms with E-state index < -0.39 is 5.60 Å². The third kappa shape index (κ3) is 1.48. The van der Waals surface area contributed by atoms with E-state index in [-0.39, 0.29) is 11.9 Å². The van der Waals surface area contributed by atoms with Crippen LogP contribution >= 0.6 is 0 Å². The smallest absolute Gasteiger partial charge is 0.294 e. The Hall–Kier alpha value is -1.10. The first-order chi connectivity index (χ1) is 6.62. The van der Waals surface area contributed by atoms with Crippen LogP contribution in [0.4, 0.5) is 0 Å². The summed E-state index contributed by atoms with van der Waals surface area (Å²) in [5.74, 6) is -0.203. The highest BCUT2D eigenvalue weighted by Crippen LogP contribution is 2.30. The maximum atomic E-state index is 11.6. The SMILES string of the molecule is CN1CCCC2(CC1)OC(N)=NC2=O. The van der Waals surface area contributed by atoms with Crippen molar-refractivity contribution in [1.29, 1.82) is 0 Å². The van der Waals surface area contributed by atoms with Gasteiger partial charge in [-0.3, -0.25) is 4.79 Å². The summed E-state index contributed by atoms with van der Waals surface area (Å²) in [7, 11) is 2.04. The fourth-order valence-corrected chi connectivity index (χ4v) is 2.03. The molecule has 14 heavy (non-hydrogen) atoms. The Kier molecular flexibility index (Phi) is 2.19. The van der Waals surface area contributed by atoms with Crippen LogP contribution in [0.1, 0.15) is 19.3 Å². The molecular weight excluding hydrogens is 182 g/mol. The molecule has 0 aromatic carbocycles. The number of ether oxygens (including phenoxy) is 1. The molecule has 2 N–H and O–H groups in total. The van der Waals surface area contributed by atoms with Gasteiger partial charge < -0.3 is 15.4 Å². The van der Waals surface area contributed by atoms with Crippen LogP contribution in [0.15, 0.2) is 4.99 Å². The Morgan fingerprint density at radius 2 is 2.29 bits per heavy atom. The van der Waals surface area contributed by atoms with Gasteiger partial charge >= 0.3 is 0 Å². The van der Waals surface area contributed by atoms with E-state index in [0.29, 0.717) is 6.42 Å². The lowest BCUT2D eigenvalue weighted by atomic mass is 9.94. The summed E-state index contributed by atoms with van der Waals surface area (Å²) >= 11 is 0. The molecule has 0 aromatic heterocycles. The molecule has 78 valence electrons. The lowest BCUT2D eigenvalue weighted by Gasteiger charge is -2.23. The molecule has 2 heterocycles. The fourth-order valence-electron chi connectivity index (χ4n) is 2.03. The van der Waals surface area contributed by atoms with Gasteiger partial charge in [-0.15, -0.1) is 0 Å². The number of likely N-dealkylation sites (tertiary alicyclic amines) is 1. The second-order valence-corrected chi connectivity index (χ2v) is 4.01. The van der Waals surface area contributed by atoms with Crippen molar-refractivity contribution in [3.05, 3.63) is 0 Å². The van der Waals surface area contributed by atoms with E-state index in [1.54, 1.807) is 0 Å². The van der Waals surface area contributed by atoms with E-state index in [9.17, 15) is 4.79 Å². The van der Waals surface area contributed by atoms with E-state index in [1.165, 1.54) is 0 Å². The van der Waals surface area contributed by atoms with Crippen molar-refractivity contribution in [2.24, 2.45) is 10.7 Å². The van der Waals surface area contributed by atoms with Gasteiger partial charge in [-0.25, -0.2) is 0 Å². The molecule has 1 amide bonds. The second-order valence-electron chi connectivity index (χ2n) is 4.01. The Morgan fingerprint density at radius 1 is 1.50 bits per heavy atom. The zero-order valence-electron chi connectivity index (χ0n) is 8.32. The average Bonchev–Trinajstić information content (AvgIpc) is 2.31. The number of rotatable bonds is 0. The molecule has 1 saturated heterocycles. The largest absolute Gasteiger partial charge is 0.448 e. The summed E-state index contributed by atoms with van der Waals surface area (Å²) in [4.78, 5) is 17.5. The number of nitrogens with zero attached hydrogens (tertiary/aromatic N) is 2. The van der Waals surface area contributed by atoms with Crippen molar-refractivity contribution in [3.63, 3.8) is 0 Å². The summed E-state index contributed by atoms with van der Waals surface area (Å²) in [6, 6.07) is 0.0274. The van der Waals surface area contributed by atoms with Crippen molar-refractivity contribution in [2.75, 3.05) is 20.1 Å². The molecule has 0 aliphatic carbocycles. The van der Waals surface area contributed by atoms with E-state index in [2.05, 4.69) is 9.89 Å². The monoisotopic (exact) mass is 197 g/mol. The Labute approximate surface area is 82.9 Å². The summed E-state index contributed by atoms with van der Waals surface area (Å²) in [6.07, 6.45) is 2.36. The number of hydrogen-bond acceptors (Lipinski definition) is 4. The molecule has 0 bridgehead atoms. The minimum absolute atomic E-state index is 0.0274. The van der Waals surface area contributed by atoms with E-state index >= 15 is 0 Å². The topological polar surface area (TPSA) is 67.9 Å². The molecule has 1 fully saturated rings. The molecule has 2 aliphatic rings. The maximum Gasteiger partial charge on any atom is 0.294 e. The van der Waals surface area contributed by atoms with Crippen LogP contribution in [0.3, 0.4) is 0 Å². The second kappa shape index (κ2) is 3.24. The third-order valence-corrected chi connectivity index (χ3v) is 2.92. The molecule has 2 rings (SSSR count). The third-order valence-electron chi connectivity index (χ3n) is 2.92. The molecule has 0 saturated carbocycles. The summed E-state index contributed by atoms with van der Waals surface area (Å²) in [5, 5.41) is 0. The molecule has 5 nitrogen and oxygen atoms in total. The van der Waals surface area contributed by atoms with Crippen LogP contribution < -0.4 is 5.73 Å². The van der Waals surface area contributed by atoms with Crippen molar-refractivity contribution < 1.29 is 9.53 Å². The summed E-state index contributed by atoms with van der Waals surface area (Å²) in [5.41, 5.74) is 4.67. The van der Waals surface area contributed by atoms with Crippen LogP contribution in [-0.4, -0.2) is 42.6 Å². The molecule has 1 spiro atoms. The number of nitrogens with two attached hydrogens (primary N) is 1. The first-order valence-corrected chi connectivity index (χ1v) is 4.89. The number of carbonyl (C=O) groups is 1. The van der Waals surface area contributed by atoms with Crippen molar-refractivity contribution in [3.8, 4) is 0 Å². The van der Waals surface area contributed by atoms with Gasteiger partial charge in [-0.05, 0) is 26.4 Å². The van der Waals surface area contributed by atoms with Gasteiger partial charge in [0.25, 0.3) is 11.9 Å². The van der Waals surface area contributed by atoms with Crippen molar-refractivity contribution in [1.82, 2.24) is 4.90 Å². The van der Waals surface area contributed by atoms with Gasteiger partial charge in [0.2, 0.25) is 0 Å². The van der Waals surface area contributed by atoms with Gasteiger partial charge in [-0.2, -0.15) is 4.99 Å². The Balaban J connectivity index is 2.13. The zero-order valence-corrected chi connectivity index (χ0v) is 8.32. The summed E-state index contributed by atoms with van der Waals surface area (Å²) in [6.45, 7) is 1.85. The molecular formula is C9H15N3O2.